The Morgan fingerprint density at radius 1 is 0.955 bits per heavy atom. The predicted octanol–water partition coefficient (Wildman–Crippen LogP) is 5.43. The molecule has 1 atom stereocenters. The van der Waals surface area contributed by atoms with Crippen LogP contribution in [0.25, 0.3) is 5.57 Å². The molecule has 0 aromatic heterocycles. The van der Waals surface area contributed by atoms with Crippen molar-refractivity contribution < 1.29 is 4.79 Å². The summed E-state index contributed by atoms with van der Waals surface area (Å²) in [7, 11) is 0. The van der Waals surface area contributed by atoms with Gasteiger partial charge in [-0.25, -0.2) is 0 Å². The van der Waals surface area contributed by atoms with Crippen LogP contribution in [0.5, 0.6) is 0 Å². The number of ketones is 1. The van der Waals surface area contributed by atoms with Crippen molar-refractivity contribution in [3.63, 3.8) is 0 Å². The summed E-state index contributed by atoms with van der Waals surface area (Å²) < 4.78 is 2.02. The zero-order valence-corrected chi connectivity index (χ0v) is 15.6. The third-order valence-corrected chi connectivity index (χ3v) is 4.43. The summed E-state index contributed by atoms with van der Waals surface area (Å²) in [6, 6.07) is 15.2. The van der Waals surface area contributed by atoms with Crippen LogP contribution in [0.1, 0.15) is 29.8 Å². The van der Waals surface area contributed by atoms with Crippen molar-refractivity contribution in [1.82, 2.24) is 5.32 Å². The molecule has 0 saturated heterocycles. The number of nitrogens with one attached hydrogen (secondary N) is 1. The van der Waals surface area contributed by atoms with Gasteiger partial charge in [0.2, 0.25) is 0 Å². The Labute approximate surface area is 147 Å². The van der Waals surface area contributed by atoms with Crippen molar-refractivity contribution in [3.8, 4) is 0 Å². The summed E-state index contributed by atoms with van der Waals surface area (Å²) in [6.07, 6.45) is 1.89. The van der Waals surface area contributed by atoms with Gasteiger partial charge in [-0.2, -0.15) is 0 Å². The second-order valence-electron chi connectivity index (χ2n) is 5.09. The smallest absolute Gasteiger partial charge is 0.184 e. The van der Waals surface area contributed by atoms with Gasteiger partial charge in [-0.15, -0.1) is 0 Å². The fourth-order valence-corrected chi connectivity index (χ4v) is 2.51. The van der Waals surface area contributed by atoms with Gasteiger partial charge in [0.15, 0.2) is 5.78 Å². The molecule has 0 aliphatic carbocycles. The summed E-state index contributed by atoms with van der Waals surface area (Å²) in [4.78, 5) is 12.3. The molecule has 0 aliphatic heterocycles. The third-order valence-electron chi connectivity index (χ3n) is 3.37. The number of halogens is 2. The zero-order valence-electron chi connectivity index (χ0n) is 12.4. The third kappa shape index (κ3) is 4.55. The van der Waals surface area contributed by atoms with E-state index in [1.165, 1.54) is 0 Å². The Morgan fingerprint density at radius 2 is 1.41 bits per heavy atom. The summed E-state index contributed by atoms with van der Waals surface area (Å²) >= 11 is 6.80. The van der Waals surface area contributed by atoms with E-state index in [-0.39, 0.29) is 11.8 Å². The van der Waals surface area contributed by atoms with E-state index in [9.17, 15) is 4.79 Å². The molecular weight excluding hydrogens is 406 g/mol. The quantitative estimate of drug-likeness (QED) is 0.650. The van der Waals surface area contributed by atoms with E-state index in [2.05, 4.69) is 37.2 Å². The van der Waals surface area contributed by atoms with Crippen LogP contribution in [0, 0.1) is 0 Å². The minimum atomic E-state index is -0.272. The fourth-order valence-electron chi connectivity index (χ4n) is 1.99. The molecule has 114 valence electrons. The number of rotatable bonds is 5. The van der Waals surface area contributed by atoms with Crippen LogP contribution in [-0.2, 0) is 0 Å². The van der Waals surface area contributed by atoms with Gasteiger partial charge >= 0.3 is 0 Å². The highest BCUT2D eigenvalue weighted by Gasteiger charge is 2.13. The molecule has 22 heavy (non-hydrogen) atoms. The minimum absolute atomic E-state index is 0.0763. The molecule has 0 radical (unpaired) electrons. The van der Waals surface area contributed by atoms with E-state index < -0.39 is 0 Å². The Bertz CT molecular complexity index is 675. The van der Waals surface area contributed by atoms with Gasteiger partial charge in [0.05, 0.1) is 6.04 Å². The molecule has 2 rings (SSSR count). The lowest BCUT2D eigenvalue weighted by Gasteiger charge is -2.12. The van der Waals surface area contributed by atoms with Crippen LogP contribution in [0.3, 0.4) is 0 Å². The summed E-state index contributed by atoms with van der Waals surface area (Å²) in [6.45, 7) is 3.89. The van der Waals surface area contributed by atoms with Crippen LogP contribution in [0.2, 0.25) is 0 Å². The Hall–Kier alpha value is -1.39. The van der Waals surface area contributed by atoms with Gasteiger partial charge in [0.25, 0.3) is 0 Å². The highest BCUT2D eigenvalue weighted by atomic mass is 79.9. The summed E-state index contributed by atoms with van der Waals surface area (Å²) in [5, 5.41) is 3.17. The Kier molecular flexibility index (Phi) is 5.98. The minimum Gasteiger partial charge on any atom is -0.381 e. The van der Waals surface area contributed by atoms with Crippen molar-refractivity contribution in [1.29, 1.82) is 0 Å². The second-order valence-corrected chi connectivity index (χ2v) is 6.93. The molecule has 0 bridgehead atoms. The number of carbonyl (C=O) groups excluding carboxylic acids is 1. The van der Waals surface area contributed by atoms with E-state index >= 15 is 0 Å². The number of hydrogen-bond donors (Lipinski definition) is 1. The lowest BCUT2D eigenvalue weighted by Crippen LogP contribution is -2.30. The van der Waals surface area contributed by atoms with Gasteiger partial charge in [0.1, 0.15) is 0 Å². The highest BCUT2D eigenvalue weighted by Crippen LogP contribution is 2.17. The van der Waals surface area contributed by atoms with Crippen LogP contribution >= 0.6 is 31.9 Å². The van der Waals surface area contributed by atoms with E-state index in [1.807, 2.05) is 68.6 Å². The first-order valence-electron chi connectivity index (χ1n) is 6.96. The van der Waals surface area contributed by atoms with Crippen LogP contribution in [-0.4, -0.2) is 11.8 Å². The van der Waals surface area contributed by atoms with E-state index in [4.69, 9.17) is 0 Å². The summed E-state index contributed by atoms with van der Waals surface area (Å²) in [5.74, 6) is 0.0763. The molecular formula is C18H17Br2NO. The standard InChI is InChI=1S/C18H17Br2NO/c1-12(14-3-7-16(19)8-4-14)11-21-13(2)18(22)15-5-9-17(20)10-6-15/h3-11,13,21H,1-2H3/b12-11+. The van der Waals surface area contributed by atoms with Crippen molar-refractivity contribution in [2.24, 2.45) is 0 Å². The molecule has 0 amide bonds. The number of allylic oxidation sites excluding steroid dienone is 1. The maximum Gasteiger partial charge on any atom is 0.184 e. The molecule has 1 N–H and O–H groups in total. The van der Waals surface area contributed by atoms with Crippen molar-refractivity contribution in [2.45, 2.75) is 19.9 Å². The van der Waals surface area contributed by atoms with E-state index in [0.717, 1.165) is 20.1 Å². The predicted molar refractivity (Wildman–Crippen MR) is 98.9 cm³/mol. The van der Waals surface area contributed by atoms with E-state index in [1.54, 1.807) is 0 Å². The van der Waals surface area contributed by atoms with Crippen LogP contribution < -0.4 is 5.32 Å². The largest absolute Gasteiger partial charge is 0.381 e. The Morgan fingerprint density at radius 3 is 1.91 bits per heavy atom. The molecule has 0 saturated carbocycles. The molecule has 1 unspecified atom stereocenters. The average Bonchev–Trinajstić information content (AvgIpc) is 2.53. The summed E-state index contributed by atoms with van der Waals surface area (Å²) in [5.41, 5.74) is 2.92. The van der Waals surface area contributed by atoms with E-state index in [0.29, 0.717) is 5.56 Å². The SMILES string of the molecule is C/C(=C\NC(C)C(=O)c1ccc(Br)cc1)c1ccc(Br)cc1. The van der Waals surface area contributed by atoms with Gasteiger partial charge in [-0.1, -0.05) is 56.1 Å². The highest BCUT2D eigenvalue weighted by molar-refractivity contribution is 9.10. The number of Topliss-reactive ketones (excluding diaryl/α,β-unsaturated/α-hetero) is 1. The van der Waals surface area contributed by atoms with Crippen molar-refractivity contribution >= 4 is 43.2 Å². The average molecular weight is 423 g/mol. The first-order valence-corrected chi connectivity index (χ1v) is 8.54. The van der Waals surface area contributed by atoms with Gasteiger partial charge in [-0.3, -0.25) is 4.79 Å². The normalized spacial score (nSPS) is 12.8. The molecule has 2 aromatic rings. The maximum atomic E-state index is 12.3. The molecule has 0 spiro atoms. The van der Waals surface area contributed by atoms with Crippen LogP contribution in [0.4, 0.5) is 0 Å². The Balaban J connectivity index is 2.03. The second kappa shape index (κ2) is 7.75. The van der Waals surface area contributed by atoms with Gasteiger partial charge < -0.3 is 5.32 Å². The molecule has 0 fully saturated rings. The molecule has 4 heteroatoms. The lowest BCUT2D eigenvalue weighted by molar-refractivity contribution is 0.0957. The lowest BCUT2D eigenvalue weighted by atomic mass is 10.1. The first-order chi connectivity index (χ1) is 10.5. The first kappa shape index (κ1) is 17.0. The molecule has 0 heterocycles. The van der Waals surface area contributed by atoms with Crippen molar-refractivity contribution in [2.75, 3.05) is 0 Å². The zero-order chi connectivity index (χ0) is 16.1. The molecule has 0 aliphatic rings. The number of hydrogen-bond acceptors (Lipinski definition) is 2. The van der Waals surface area contributed by atoms with Gasteiger partial charge in [-0.05, 0) is 49.2 Å². The van der Waals surface area contributed by atoms with Gasteiger partial charge in [0, 0.05) is 20.7 Å². The van der Waals surface area contributed by atoms with Crippen LogP contribution in [0.15, 0.2) is 63.7 Å². The fraction of sp³-hybridized carbons (Fsp3) is 0.167. The number of carbonyl (C=O) groups is 1. The van der Waals surface area contributed by atoms with Crippen molar-refractivity contribution in [3.05, 3.63) is 74.8 Å². The topological polar surface area (TPSA) is 29.1 Å². The number of benzene rings is 2. The monoisotopic (exact) mass is 421 g/mol. The maximum absolute atomic E-state index is 12.3. The molecule has 2 aromatic carbocycles. The molecule has 2 nitrogen and oxygen atoms in total.